The third kappa shape index (κ3) is 7.29. The minimum atomic E-state index is -3.69. The number of nitrogens with one attached hydrogen (secondary N) is 1. The summed E-state index contributed by atoms with van der Waals surface area (Å²) in [7, 11) is 1.03. The van der Waals surface area contributed by atoms with E-state index in [4.69, 9.17) is 25.8 Å². The molecule has 12 nitrogen and oxygen atoms in total. The van der Waals surface area contributed by atoms with Crippen LogP contribution in [0.15, 0.2) is 47.0 Å². The van der Waals surface area contributed by atoms with Gasteiger partial charge in [0.25, 0.3) is 11.8 Å². The third-order valence-corrected chi connectivity index (χ3v) is 13.6. The number of aliphatic hydroxyl groups is 1. The topological polar surface area (TPSA) is 145 Å². The summed E-state index contributed by atoms with van der Waals surface area (Å²) in [5, 5.41) is 16.2. The zero-order valence-electron chi connectivity index (χ0n) is 30.2. The Morgan fingerprint density at radius 3 is 2.75 bits per heavy atom. The van der Waals surface area contributed by atoms with Crippen LogP contribution < -0.4 is 19.1 Å². The van der Waals surface area contributed by atoms with Gasteiger partial charge in [-0.2, -0.15) is 0 Å². The largest absolute Gasteiger partial charge is 0.490 e. The summed E-state index contributed by atoms with van der Waals surface area (Å²) in [6.45, 7) is 3.69. The van der Waals surface area contributed by atoms with Crippen molar-refractivity contribution in [1.82, 2.24) is 14.5 Å². The van der Waals surface area contributed by atoms with Gasteiger partial charge in [0.15, 0.2) is 0 Å². The number of ether oxygens (including phenoxy) is 3. The van der Waals surface area contributed by atoms with Crippen LogP contribution >= 0.6 is 11.6 Å². The molecule has 3 aromatic rings. The first kappa shape index (κ1) is 36.7. The predicted octanol–water partition coefficient (Wildman–Crippen LogP) is 5.34. The Morgan fingerprint density at radius 2 is 2.00 bits per heavy atom. The fourth-order valence-electron chi connectivity index (χ4n) is 8.83. The highest BCUT2D eigenvalue weighted by Gasteiger charge is 2.45. The number of aromatic nitrogens is 2. The molecular weight excluding hydrogens is 706 g/mol. The molecule has 1 saturated carbocycles. The van der Waals surface area contributed by atoms with E-state index >= 15 is 0 Å². The lowest BCUT2D eigenvalue weighted by Gasteiger charge is -2.46. The monoisotopic (exact) mass is 753 g/mol. The Kier molecular flexibility index (Phi) is 10.3. The SMILES string of the molecule is COc1nn(C)cc1C(=O)NS1(=O)=NC(=O)c2ccc3c(c2)N(C[C@@H]2CC[C@H]2[C@@H](OC)C[C@@H](O)C[C@H](C)C1)C[C@@]1(CCCc2cc(Cl)ccc21)CO3. The van der Waals surface area contributed by atoms with Crippen molar-refractivity contribution < 1.29 is 33.1 Å². The number of benzene rings is 2. The summed E-state index contributed by atoms with van der Waals surface area (Å²) in [6.07, 6.45) is 6.16. The molecule has 2 N–H and O–H groups in total. The molecule has 2 amide bonds. The van der Waals surface area contributed by atoms with Gasteiger partial charge < -0.3 is 24.2 Å². The summed E-state index contributed by atoms with van der Waals surface area (Å²) in [4.78, 5) is 29.9. The van der Waals surface area contributed by atoms with E-state index in [0.29, 0.717) is 37.8 Å². The summed E-state index contributed by atoms with van der Waals surface area (Å²) in [6, 6.07) is 11.4. The lowest BCUT2D eigenvalue weighted by Crippen LogP contribution is -2.50. The van der Waals surface area contributed by atoms with E-state index in [0.717, 1.165) is 42.8 Å². The van der Waals surface area contributed by atoms with Crippen molar-refractivity contribution in [3.8, 4) is 11.6 Å². The van der Waals surface area contributed by atoms with Crippen molar-refractivity contribution in [3.63, 3.8) is 0 Å². The number of anilines is 1. The molecule has 7 rings (SSSR count). The Morgan fingerprint density at radius 1 is 1.17 bits per heavy atom. The third-order valence-electron chi connectivity index (χ3n) is 11.4. The van der Waals surface area contributed by atoms with Gasteiger partial charge in [-0.3, -0.25) is 19.0 Å². The quantitative estimate of drug-likeness (QED) is 0.361. The predicted molar refractivity (Wildman–Crippen MR) is 199 cm³/mol. The molecule has 280 valence electrons. The van der Waals surface area contributed by atoms with Crippen LogP contribution in [0.2, 0.25) is 5.02 Å². The summed E-state index contributed by atoms with van der Waals surface area (Å²) >= 11 is 6.45. The standard InChI is InChI=1S/C38H48ClN5O7S/c1-23-14-28(45)17-34(49-3)29-10-7-26(29)18-44-21-38(13-5-6-24-15-27(39)9-11-31(24)38)22-51-33-12-8-25(16-32(33)44)35(46)41-52(48,20-23)42-36(47)30-19-43(2)40-37(30)50-4/h8-9,11-12,15-16,19,23,26,28-29,34,45H,5-7,10,13-14,17-18,20-22H2,1-4H3,(H,41,42,46,47,48)/t23-,26-,28-,29+,34-,38-,52?/m0/s1. The van der Waals surface area contributed by atoms with Gasteiger partial charge in [0.2, 0.25) is 5.88 Å². The van der Waals surface area contributed by atoms with Crippen LogP contribution in [-0.4, -0.2) is 82.8 Å². The molecule has 1 fully saturated rings. The summed E-state index contributed by atoms with van der Waals surface area (Å²) in [5.74, 6) is -0.704. The van der Waals surface area contributed by atoms with Crippen LogP contribution in [0, 0.1) is 17.8 Å². The van der Waals surface area contributed by atoms with Gasteiger partial charge in [-0.1, -0.05) is 24.6 Å². The van der Waals surface area contributed by atoms with Crippen molar-refractivity contribution in [2.24, 2.45) is 29.2 Å². The highest BCUT2D eigenvalue weighted by molar-refractivity contribution is 7.92. The number of methoxy groups -OCH3 is 2. The van der Waals surface area contributed by atoms with Crippen molar-refractivity contribution >= 4 is 39.0 Å². The average molecular weight is 754 g/mol. The molecule has 0 saturated heterocycles. The molecule has 2 aromatic carbocycles. The fourth-order valence-corrected chi connectivity index (χ4v) is 10.9. The molecule has 1 aromatic heterocycles. The second kappa shape index (κ2) is 14.6. The molecule has 1 unspecified atom stereocenters. The highest BCUT2D eigenvalue weighted by atomic mass is 35.5. The first-order valence-electron chi connectivity index (χ1n) is 18.1. The van der Waals surface area contributed by atoms with Crippen LogP contribution in [0.3, 0.4) is 0 Å². The number of amides is 2. The Balaban J connectivity index is 1.31. The first-order valence-corrected chi connectivity index (χ1v) is 20.2. The fraction of sp³-hybridized carbons (Fsp3) is 0.553. The Bertz CT molecular complexity index is 1980. The number of nitrogens with zero attached hydrogens (tertiary/aromatic N) is 4. The second-order valence-electron chi connectivity index (χ2n) is 15.2. The number of hydrogen-bond acceptors (Lipinski definition) is 9. The van der Waals surface area contributed by atoms with E-state index in [1.807, 2.05) is 13.0 Å². The Labute approximate surface area is 310 Å². The molecule has 52 heavy (non-hydrogen) atoms. The summed E-state index contributed by atoms with van der Waals surface area (Å²) < 4.78 is 40.8. The molecular formula is C38H48ClN5O7S. The molecule has 3 heterocycles. The summed E-state index contributed by atoms with van der Waals surface area (Å²) in [5.41, 5.74) is 3.25. The molecule has 4 aliphatic rings. The van der Waals surface area contributed by atoms with E-state index in [9.17, 15) is 18.9 Å². The van der Waals surface area contributed by atoms with Crippen molar-refractivity contribution in [2.45, 2.75) is 69.5 Å². The first-order chi connectivity index (χ1) is 24.9. The Hall–Kier alpha value is -3.65. The van der Waals surface area contributed by atoms with Crippen LogP contribution in [0.25, 0.3) is 0 Å². The van der Waals surface area contributed by atoms with Crippen LogP contribution in [0.1, 0.15) is 77.3 Å². The van der Waals surface area contributed by atoms with Gasteiger partial charge in [0.05, 0.1) is 37.4 Å². The number of carbonyl (C=O) groups is 2. The lowest BCUT2D eigenvalue weighted by molar-refractivity contribution is -0.0450. The van der Waals surface area contributed by atoms with Crippen LogP contribution in [0.4, 0.5) is 5.69 Å². The van der Waals surface area contributed by atoms with Gasteiger partial charge >= 0.3 is 0 Å². The number of hydrogen-bond donors (Lipinski definition) is 2. The number of aryl methyl sites for hydroxylation is 2. The zero-order chi connectivity index (χ0) is 36.8. The maximum absolute atomic E-state index is 14.6. The van der Waals surface area contributed by atoms with Gasteiger partial charge in [0.1, 0.15) is 21.2 Å². The van der Waals surface area contributed by atoms with Gasteiger partial charge in [0, 0.05) is 49.4 Å². The van der Waals surface area contributed by atoms with Crippen molar-refractivity contribution in [3.05, 3.63) is 69.9 Å². The molecule has 14 heteroatoms. The maximum atomic E-state index is 14.6. The molecule has 0 radical (unpaired) electrons. The normalized spacial score (nSPS) is 30.5. The van der Waals surface area contributed by atoms with Gasteiger partial charge in [-0.15, -0.1) is 9.46 Å². The number of carbonyl (C=O) groups excluding carboxylic acids is 2. The lowest BCUT2D eigenvalue weighted by atomic mass is 9.68. The van der Waals surface area contributed by atoms with Crippen LogP contribution in [-0.2, 0) is 33.5 Å². The van der Waals surface area contributed by atoms with E-state index < -0.39 is 27.8 Å². The molecule has 2 aliphatic carbocycles. The number of halogens is 1. The van der Waals surface area contributed by atoms with Crippen molar-refractivity contribution in [2.75, 3.05) is 44.6 Å². The van der Waals surface area contributed by atoms with Crippen molar-refractivity contribution in [1.29, 1.82) is 0 Å². The molecule has 2 aliphatic heterocycles. The maximum Gasteiger partial charge on any atom is 0.286 e. The van der Waals surface area contributed by atoms with E-state index in [1.165, 1.54) is 29.1 Å². The number of aliphatic hydroxyl groups excluding tert-OH is 1. The zero-order valence-corrected chi connectivity index (χ0v) is 31.8. The van der Waals surface area contributed by atoms with E-state index in [1.54, 1.807) is 32.4 Å². The molecule has 7 atom stereocenters. The minimum Gasteiger partial charge on any atom is -0.490 e. The minimum absolute atomic E-state index is 0.0539. The van der Waals surface area contributed by atoms with E-state index in [-0.39, 0.29) is 52.5 Å². The van der Waals surface area contributed by atoms with E-state index in [2.05, 4.69) is 31.2 Å². The van der Waals surface area contributed by atoms with Gasteiger partial charge in [-0.25, -0.2) is 4.21 Å². The molecule has 2 bridgehead atoms. The number of fused-ring (bicyclic) bond motifs is 4. The van der Waals surface area contributed by atoms with Crippen LogP contribution in [0.5, 0.6) is 11.6 Å². The highest BCUT2D eigenvalue weighted by Crippen LogP contribution is 2.47. The second-order valence-corrected chi connectivity index (χ2v) is 17.6. The number of rotatable bonds is 4. The smallest absolute Gasteiger partial charge is 0.286 e. The average Bonchev–Trinajstić information content (AvgIpc) is 3.40. The molecule has 1 spiro atoms. The van der Waals surface area contributed by atoms with Gasteiger partial charge in [-0.05, 0) is 104 Å².